The summed E-state index contributed by atoms with van der Waals surface area (Å²) in [5.41, 5.74) is -0.795. The Kier molecular flexibility index (Phi) is 4.26. The van der Waals surface area contributed by atoms with Gasteiger partial charge in [0.1, 0.15) is 11.5 Å². The molecule has 0 radical (unpaired) electrons. The molecule has 1 heterocycles. The molecule has 2 rings (SSSR count). The summed E-state index contributed by atoms with van der Waals surface area (Å²) in [5, 5.41) is 16.7. The standard InChI is InChI=1S/C12H15F2N3O2/c13-9-5-10(14)12(11(6-9)17(18)19)16-7-8-1-3-15-4-2-8/h5-6,8,15-16H,1-4,7H2. The molecule has 0 aliphatic carbocycles. The molecule has 0 saturated carbocycles. The van der Waals surface area contributed by atoms with E-state index in [0.717, 1.165) is 32.0 Å². The van der Waals surface area contributed by atoms with Crippen molar-refractivity contribution < 1.29 is 13.7 Å². The number of hydrogen-bond acceptors (Lipinski definition) is 4. The van der Waals surface area contributed by atoms with E-state index in [4.69, 9.17) is 0 Å². The maximum absolute atomic E-state index is 13.6. The molecule has 0 amide bonds. The Morgan fingerprint density at radius 3 is 2.68 bits per heavy atom. The zero-order valence-corrected chi connectivity index (χ0v) is 10.3. The zero-order chi connectivity index (χ0) is 13.8. The Morgan fingerprint density at radius 2 is 2.05 bits per heavy atom. The lowest BCUT2D eigenvalue weighted by molar-refractivity contribution is -0.384. The number of nitro benzene ring substituents is 1. The first kappa shape index (κ1) is 13.7. The summed E-state index contributed by atoms with van der Waals surface area (Å²) in [4.78, 5) is 10.0. The molecule has 1 aromatic carbocycles. The average molecular weight is 271 g/mol. The lowest BCUT2D eigenvalue weighted by atomic mass is 9.98. The van der Waals surface area contributed by atoms with E-state index in [1.165, 1.54) is 0 Å². The van der Waals surface area contributed by atoms with Gasteiger partial charge in [-0.2, -0.15) is 0 Å². The Labute approximate surface area is 109 Å². The van der Waals surface area contributed by atoms with Gasteiger partial charge in [0, 0.05) is 12.6 Å². The molecule has 1 fully saturated rings. The maximum atomic E-state index is 13.6. The predicted molar refractivity (Wildman–Crippen MR) is 67.1 cm³/mol. The van der Waals surface area contributed by atoms with Crippen LogP contribution in [0, 0.1) is 27.7 Å². The summed E-state index contributed by atoms with van der Waals surface area (Å²) in [7, 11) is 0. The van der Waals surface area contributed by atoms with Crippen LogP contribution in [0.4, 0.5) is 20.2 Å². The number of hydrogen-bond donors (Lipinski definition) is 2. The van der Waals surface area contributed by atoms with E-state index < -0.39 is 22.2 Å². The number of nitro groups is 1. The topological polar surface area (TPSA) is 67.2 Å². The molecule has 0 spiro atoms. The second kappa shape index (κ2) is 5.92. The highest BCUT2D eigenvalue weighted by Crippen LogP contribution is 2.29. The van der Waals surface area contributed by atoms with Crippen LogP contribution in [-0.4, -0.2) is 24.6 Å². The number of piperidine rings is 1. The van der Waals surface area contributed by atoms with Crippen LogP contribution >= 0.6 is 0 Å². The van der Waals surface area contributed by atoms with Crippen molar-refractivity contribution in [2.24, 2.45) is 5.92 Å². The zero-order valence-electron chi connectivity index (χ0n) is 10.3. The first-order chi connectivity index (χ1) is 9.08. The highest BCUT2D eigenvalue weighted by molar-refractivity contribution is 5.62. The van der Waals surface area contributed by atoms with Crippen molar-refractivity contribution in [1.82, 2.24) is 5.32 Å². The SMILES string of the molecule is O=[N+]([O-])c1cc(F)cc(F)c1NCC1CCNCC1. The van der Waals surface area contributed by atoms with Crippen molar-refractivity contribution in [2.45, 2.75) is 12.8 Å². The van der Waals surface area contributed by atoms with Crippen molar-refractivity contribution in [2.75, 3.05) is 25.0 Å². The van der Waals surface area contributed by atoms with Gasteiger partial charge in [0.15, 0.2) is 5.82 Å². The minimum atomic E-state index is -0.948. The Balaban J connectivity index is 2.12. The molecular weight excluding hydrogens is 256 g/mol. The van der Waals surface area contributed by atoms with E-state index in [0.29, 0.717) is 18.5 Å². The smallest absolute Gasteiger partial charge is 0.298 e. The Hall–Kier alpha value is -1.76. The van der Waals surface area contributed by atoms with Crippen LogP contribution < -0.4 is 10.6 Å². The second-order valence-corrected chi connectivity index (χ2v) is 4.61. The minimum Gasteiger partial charge on any atom is -0.377 e. The van der Waals surface area contributed by atoms with Crippen molar-refractivity contribution in [3.8, 4) is 0 Å². The third-order valence-corrected chi connectivity index (χ3v) is 3.26. The largest absolute Gasteiger partial charge is 0.377 e. The van der Waals surface area contributed by atoms with Crippen LogP contribution in [0.3, 0.4) is 0 Å². The molecule has 0 aromatic heterocycles. The number of anilines is 1. The molecule has 0 bridgehead atoms. The number of benzene rings is 1. The van der Waals surface area contributed by atoms with E-state index in [9.17, 15) is 18.9 Å². The van der Waals surface area contributed by atoms with Gasteiger partial charge in [0.2, 0.25) is 0 Å². The highest BCUT2D eigenvalue weighted by atomic mass is 19.1. The molecule has 2 N–H and O–H groups in total. The number of nitrogens with zero attached hydrogens (tertiary/aromatic N) is 1. The summed E-state index contributed by atoms with van der Waals surface area (Å²) >= 11 is 0. The first-order valence-electron chi connectivity index (χ1n) is 6.16. The van der Waals surface area contributed by atoms with Gasteiger partial charge in [-0.15, -0.1) is 0 Å². The molecule has 1 aliphatic heterocycles. The molecule has 104 valence electrons. The van der Waals surface area contributed by atoms with Gasteiger partial charge in [-0.05, 0) is 31.8 Å². The maximum Gasteiger partial charge on any atom is 0.298 e. The lowest BCUT2D eigenvalue weighted by Crippen LogP contribution is -2.31. The van der Waals surface area contributed by atoms with E-state index in [-0.39, 0.29) is 5.69 Å². The number of nitrogens with one attached hydrogen (secondary N) is 2. The number of rotatable bonds is 4. The summed E-state index contributed by atoms with van der Waals surface area (Å²) in [6.45, 7) is 2.23. The van der Waals surface area contributed by atoms with Gasteiger partial charge < -0.3 is 10.6 Å². The lowest BCUT2D eigenvalue weighted by Gasteiger charge is -2.23. The molecule has 1 aliphatic rings. The van der Waals surface area contributed by atoms with Gasteiger partial charge in [-0.25, -0.2) is 8.78 Å². The summed E-state index contributed by atoms with van der Waals surface area (Å²) in [5.74, 6) is -1.54. The van der Waals surface area contributed by atoms with Gasteiger partial charge in [0.05, 0.1) is 11.0 Å². The quantitative estimate of drug-likeness (QED) is 0.651. The Bertz CT molecular complexity index is 476. The molecule has 7 heteroatoms. The highest BCUT2D eigenvalue weighted by Gasteiger charge is 2.21. The Morgan fingerprint density at radius 1 is 1.37 bits per heavy atom. The van der Waals surface area contributed by atoms with E-state index in [1.807, 2.05) is 0 Å². The second-order valence-electron chi connectivity index (χ2n) is 4.61. The fourth-order valence-corrected chi connectivity index (χ4v) is 2.21. The van der Waals surface area contributed by atoms with Crippen LogP contribution in [0.25, 0.3) is 0 Å². The van der Waals surface area contributed by atoms with Crippen molar-refractivity contribution in [3.05, 3.63) is 33.9 Å². The minimum absolute atomic E-state index is 0.232. The summed E-state index contributed by atoms with van der Waals surface area (Å²) in [6, 6.07) is 1.38. The van der Waals surface area contributed by atoms with E-state index in [1.54, 1.807) is 0 Å². The molecule has 1 aromatic rings. The van der Waals surface area contributed by atoms with Crippen LogP contribution in [0.5, 0.6) is 0 Å². The van der Waals surface area contributed by atoms with Gasteiger partial charge in [0.25, 0.3) is 5.69 Å². The molecule has 1 saturated heterocycles. The van der Waals surface area contributed by atoms with Crippen LogP contribution in [0.1, 0.15) is 12.8 Å². The molecule has 5 nitrogen and oxygen atoms in total. The van der Waals surface area contributed by atoms with Crippen LogP contribution in [0.15, 0.2) is 12.1 Å². The van der Waals surface area contributed by atoms with Gasteiger partial charge in [-0.3, -0.25) is 10.1 Å². The number of halogens is 2. The third kappa shape index (κ3) is 3.37. The van der Waals surface area contributed by atoms with Crippen molar-refractivity contribution in [3.63, 3.8) is 0 Å². The molecular formula is C12H15F2N3O2. The monoisotopic (exact) mass is 271 g/mol. The van der Waals surface area contributed by atoms with Crippen LogP contribution in [-0.2, 0) is 0 Å². The fourth-order valence-electron chi connectivity index (χ4n) is 2.21. The predicted octanol–water partition coefficient (Wildman–Crippen LogP) is 2.28. The summed E-state index contributed by atoms with van der Waals surface area (Å²) < 4.78 is 26.6. The van der Waals surface area contributed by atoms with Gasteiger partial charge >= 0.3 is 0 Å². The third-order valence-electron chi connectivity index (χ3n) is 3.26. The van der Waals surface area contributed by atoms with E-state index in [2.05, 4.69) is 10.6 Å². The summed E-state index contributed by atoms with van der Waals surface area (Å²) in [6.07, 6.45) is 1.87. The normalized spacial score (nSPS) is 16.3. The average Bonchev–Trinajstić information content (AvgIpc) is 2.38. The van der Waals surface area contributed by atoms with E-state index >= 15 is 0 Å². The first-order valence-corrected chi connectivity index (χ1v) is 6.16. The van der Waals surface area contributed by atoms with Crippen molar-refractivity contribution in [1.29, 1.82) is 0 Å². The van der Waals surface area contributed by atoms with Crippen LogP contribution in [0.2, 0.25) is 0 Å². The van der Waals surface area contributed by atoms with Gasteiger partial charge in [-0.1, -0.05) is 0 Å². The van der Waals surface area contributed by atoms with Crippen molar-refractivity contribution >= 4 is 11.4 Å². The fraction of sp³-hybridized carbons (Fsp3) is 0.500. The molecule has 19 heavy (non-hydrogen) atoms. The molecule has 0 unspecified atom stereocenters. The molecule has 0 atom stereocenters.